The van der Waals surface area contributed by atoms with E-state index < -0.39 is 6.10 Å². The first-order chi connectivity index (χ1) is 26.2. The predicted molar refractivity (Wildman–Crippen MR) is 204 cm³/mol. The fourth-order valence-corrected chi connectivity index (χ4v) is 8.41. The van der Waals surface area contributed by atoms with E-state index in [0.717, 1.165) is 82.3 Å². The number of likely N-dealkylation sites (tertiary alicyclic amines) is 1. The highest BCUT2D eigenvalue weighted by Gasteiger charge is 2.30. The molecule has 8 rings (SSSR count). The lowest BCUT2D eigenvalue weighted by Crippen LogP contribution is -2.46. The van der Waals surface area contributed by atoms with Gasteiger partial charge in [-0.2, -0.15) is 0 Å². The van der Waals surface area contributed by atoms with Crippen molar-refractivity contribution in [3.63, 3.8) is 0 Å². The van der Waals surface area contributed by atoms with Gasteiger partial charge in [0.2, 0.25) is 5.91 Å². The van der Waals surface area contributed by atoms with Crippen molar-refractivity contribution in [1.29, 1.82) is 0 Å². The summed E-state index contributed by atoms with van der Waals surface area (Å²) >= 11 is 0. The predicted octanol–water partition coefficient (Wildman–Crippen LogP) is 6.21. The van der Waals surface area contributed by atoms with Gasteiger partial charge in [0.15, 0.2) is 6.10 Å². The number of benzene rings is 1. The highest BCUT2D eigenvalue weighted by Crippen LogP contribution is 2.38. The van der Waals surface area contributed by atoms with Crippen molar-refractivity contribution in [1.82, 2.24) is 24.2 Å². The molecule has 54 heavy (non-hydrogen) atoms. The average molecular weight is 735 g/mol. The van der Waals surface area contributed by atoms with E-state index in [-0.39, 0.29) is 41.1 Å². The molecule has 2 saturated carbocycles. The zero-order chi connectivity index (χ0) is 37.3. The topological polar surface area (TPSA) is 136 Å². The minimum Gasteiger partial charge on any atom is -0.490 e. The summed E-state index contributed by atoms with van der Waals surface area (Å²) in [4.78, 5) is 57.7. The van der Waals surface area contributed by atoms with E-state index in [1.54, 1.807) is 29.1 Å². The van der Waals surface area contributed by atoms with Gasteiger partial charge >= 0.3 is 0 Å². The number of fused-ring (bicyclic) bond motifs is 1. The summed E-state index contributed by atoms with van der Waals surface area (Å²) in [5.74, 6) is 1.68. The minimum atomic E-state index is -0.618. The third kappa shape index (κ3) is 8.08. The van der Waals surface area contributed by atoms with E-state index in [1.165, 1.54) is 5.56 Å². The third-order valence-corrected chi connectivity index (χ3v) is 11.5. The number of rotatable bonds is 11. The molecule has 2 N–H and O–H groups in total. The quantitative estimate of drug-likeness (QED) is 0.174. The Morgan fingerprint density at radius 2 is 1.69 bits per heavy atom. The van der Waals surface area contributed by atoms with Crippen LogP contribution in [0, 0.1) is 5.92 Å². The van der Waals surface area contributed by atoms with Gasteiger partial charge in [0, 0.05) is 56.0 Å². The molecule has 4 fully saturated rings. The Morgan fingerprint density at radius 1 is 0.926 bits per heavy atom. The highest BCUT2D eigenvalue weighted by molar-refractivity contribution is 6.06. The van der Waals surface area contributed by atoms with Crippen molar-refractivity contribution in [3.8, 4) is 11.5 Å². The van der Waals surface area contributed by atoms with Crippen LogP contribution in [-0.2, 0) is 9.59 Å². The number of anilines is 1. The number of amides is 3. The Hall–Kier alpha value is -4.97. The van der Waals surface area contributed by atoms with Crippen molar-refractivity contribution in [3.05, 3.63) is 88.2 Å². The Bertz CT molecular complexity index is 2070. The number of carbonyl (C=O) groups excluding carboxylic acids is 3. The number of hydrogen-bond donors (Lipinski definition) is 2. The van der Waals surface area contributed by atoms with Gasteiger partial charge in [-0.05, 0) is 120 Å². The molecule has 1 atom stereocenters. The fraction of sp³-hybridized carbons (Fsp3) is 0.500. The molecular formula is C42H50N6O6. The molecule has 0 bridgehead atoms. The molecule has 4 aliphatic rings. The van der Waals surface area contributed by atoms with Gasteiger partial charge in [0.05, 0.1) is 17.4 Å². The number of carbonyl (C=O) groups is 3. The van der Waals surface area contributed by atoms with E-state index in [1.807, 2.05) is 36.4 Å². The van der Waals surface area contributed by atoms with Crippen LogP contribution in [0.2, 0.25) is 0 Å². The van der Waals surface area contributed by atoms with E-state index in [0.29, 0.717) is 47.7 Å². The van der Waals surface area contributed by atoms with Crippen LogP contribution in [0.1, 0.15) is 118 Å². The van der Waals surface area contributed by atoms with Gasteiger partial charge in [0.1, 0.15) is 22.8 Å². The highest BCUT2D eigenvalue weighted by atomic mass is 16.5. The molecule has 5 heterocycles. The second kappa shape index (κ2) is 15.4. The molecule has 12 heteroatoms. The van der Waals surface area contributed by atoms with Crippen molar-refractivity contribution in [2.75, 3.05) is 25.0 Å². The maximum Gasteiger partial charge on any atom is 0.274 e. The standard InChI is InChI=1S/C42H50N6O6/c1-26(2)53-37-22-38-43-35(25-47(38)24-33(37)40(50)44-34-4-3-19-48(42(34)52)31-11-12-31)30-7-5-27(6-8-30)23-46-20-17-29(18-21-46)28-9-13-32(14-10-28)54-36-15-16-39(49)45-41(36)51/h3-4,9-10,13-14,19,22,24-27,29-31,36H,5-8,11-12,15-18,20-21,23H2,1-2H3,(H,44,50)(H,45,49,51). The Kier molecular flexibility index (Phi) is 10.3. The normalized spacial score (nSPS) is 22.7. The van der Waals surface area contributed by atoms with E-state index in [2.05, 4.69) is 33.9 Å². The van der Waals surface area contributed by atoms with Crippen molar-refractivity contribution in [2.45, 2.75) is 108 Å². The molecule has 0 radical (unpaired) electrons. The molecule has 12 nitrogen and oxygen atoms in total. The number of pyridine rings is 2. The van der Waals surface area contributed by atoms with E-state index >= 15 is 0 Å². The molecule has 2 aliphatic carbocycles. The summed E-state index contributed by atoms with van der Waals surface area (Å²) < 4.78 is 15.6. The zero-order valence-electron chi connectivity index (χ0n) is 31.2. The lowest BCUT2D eigenvalue weighted by molar-refractivity contribution is -0.138. The van der Waals surface area contributed by atoms with Gasteiger partial charge < -0.3 is 28.7 Å². The maximum absolute atomic E-state index is 13.6. The van der Waals surface area contributed by atoms with Crippen molar-refractivity contribution >= 4 is 29.1 Å². The molecule has 4 aromatic rings. The lowest BCUT2D eigenvalue weighted by atomic mass is 9.80. The first kappa shape index (κ1) is 36.0. The molecule has 0 spiro atoms. The van der Waals surface area contributed by atoms with Crippen LogP contribution in [0.4, 0.5) is 5.69 Å². The van der Waals surface area contributed by atoms with Crippen molar-refractivity contribution in [2.24, 2.45) is 5.92 Å². The van der Waals surface area contributed by atoms with Gasteiger partial charge in [-0.25, -0.2) is 4.98 Å². The monoisotopic (exact) mass is 734 g/mol. The molecule has 3 aromatic heterocycles. The van der Waals surface area contributed by atoms with Crippen LogP contribution in [-0.4, -0.2) is 68.4 Å². The summed E-state index contributed by atoms with van der Waals surface area (Å²) in [5.41, 5.74) is 3.55. The number of piperidine rings is 2. The number of nitrogens with zero attached hydrogens (tertiary/aromatic N) is 4. The number of imidazole rings is 1. The molecule has 2 saturated heterocycles. The smallest absolute Gasteiger partial charge is 0.274 e. The molecule has 1 unspecified atom stereocenters. The maximum atomic E-state index is 13.6. The van der Waals surface area contributed by atoms with Crippen LogP contribution in [0.3, 0.4) is 0 Å². The number of ether oxygens (including phenoxy) is 2. The Balaban J connectivity index is 0.842. The molecule has 1 aromatic carbocycles. The summed E-state index contributed by atoms with van der Waals surface area (Å²) in [6, 6.07) is 13.6. The van der Waals surface area contributed by atoms with Gasteiger partial charge in [0.25, 0.3) is 17.4 Å². The van der Waals surface area contributed by atoms with Crippen LogP contribution in [0.15, 0.2) is 65.8 Å². The third-order valence-electron chi connectivity index (χ3n) is 11.5. The van der Waals surface area contributed by atoms with Gasteiger partial charge in [-0.1, -0.05) is 12.1 Å². The Morgan fingerprint density at radius 3 is 2.39 bits per heavy atom. The van der Waals surface area contributed by atoms with Crippen LogP contribution >= 0.6 is 0 Å². The summed E-state index contributed by atoms with van der Waals surface area (Å²) in [6.07, 6.45) is 14.3. The average Bonchev–Trinajstić information content (AvgIpc) is 3.92. The molecule has 284 valence electrons. The second-order valence-electron chi connectivity index (χ2n) is 15.9. The molecule has 2 aliphatic heterocycles. The number of nitrogens with one attached hydrogen (secondary N) is 2. The zero-order valence-corrected chi connectivity index (χ0v) is 31.2. The summed E-state index contributed by atoms with van der Waals surface area (Å²) in [7, 11) is 0. The molecule has 3 amide bonds. The number of aromatic nitrogens is 3. The van der Waals surface area contributed by atoms with Crippen molar-refractivity contribution < 1.29 is 23.9 Å². The number of imide groups is 1. The van der Waals surface area contributed by atoms with E-state index in [9.17, 15) is 19.2 Å². The van der Waals surface area contributed by atoms with Gasteiger partial charge in [-0.3, -0.25) is 24.5 Å². The minimum absolute atomic E-state index is 0.140. The first-order valence-corrected chi connectivity index (χ1v) is 19.7. The summed E-state index contributed by atoms with van der Waals surface area (Å²) in [5, 5.41) is 5.20. The van der Waals surface area contributed by atoms with Crippen LogP contribution in [0.25, 0.3) is 5.65 Å². The molecular weight excluding hydrogens is 684 g/mol. The van der Waals surface area contributed by atoms with Gasteiger partial charge in [-0.15, -0.1) is 0 Å². The first-order valence-electron chi connectivity index (χ1n) is 19.7. The Labute approximate surface area is 315 Å². The lowest BCUT2D eigenvalue weighted by Gasteiger charge is -2.36. The summed E-state index contributed by atoms with van der Waals surface area (Å²) in [6.45, 7) is 7.16. The van der Waals surface area contributed by atoms with E-state index in [4.69, 9.17) is 14.5 Å². The largest absolute Gasteiger partial charge is 0.490 e. The number of hydrogen-bond acceptors (Lipinski definition) is 8. The second-order valence-corrected chi connectivity index (χ2v) is 15.9. The SMILES string of the molecule is CC(C)Oc1cc2nc(C3CCC(CN4CCC(c5ccc(OC6CCC(=O)NC6=O)cc5)CC4)CC3)cn2cc1C(=O)Nc1cccn(C2CC2)c1=O. The van der Waals surface area contributed by atoms with Crippen LogP contribution < -0.4 is 25.7 Å². The van der Waals surface area contributed by atoms with Crippen LogP contribution in [0.5, 0.6) is 11.5 Å². The fourth-order valence-electron chi connectivity index (χ4n) is 8.41.